The molecular weight excluding hydrogens is 362 g/mol. The minimum atomic E-state index is -3.46. The van der Waals surface area contributed by atoms with Crippen LogP contribution < -0.4 is 5.32 Å². The van der Waals surface area contributed by atoms with Gasteiger partial charge in [-0.25, -0.2) is 8.42 Å². The fraction of sp³-hybridized carbons (Fsp3) is 0.650. The summed E-state index contributed by atoms with van der Waals surface area (Å²) >= 11 is 0. The number of fused-ring (bicyclic) bond motifs is 1. The number of amides is 1. The van der Waals surface area contributed by atoms with Gasteiger partial charge < -0.3 is 5.32 Å². The summed E-state index contributed by atoms with van der Waals surface area (Å²) in [5.41, 5.74) is 2.45. The van der Waals surface area contributed by atoms with Crippen LogP contribution in [0, 0.1) is 0 Å². The first kappa shape index (κ1) is 20.3. The van der Waals surface area contributed by atoms with Gasteiger partial charge in [0.15, 0.2) is 0 Å². The molecule has 1 heterocycles. The Kier molecular flexibility index (Phi) is 6.55. The number of hydrogen-bond acceptors (Lipinski definition) is 4. The smallest absolute Gasteiger partial charge is 0.243 e. The van der Waals surface area contributed by atoms with Crippen molar-refractivity contribution in [1.82, 2.24) is 14.5 Å². The summed E-state index contributed by atoms with van der Waals surface area (Å²) in [5.74, 6) is 0.0265. The van der Waals surface area contributed by atoms with Crippen LogP contribution in [0.15, 0.2) is 23.1 Å². The van der Waals surface area contributed by atoms with Crippen LogP contribution in [-0.4, -0.2) is 62.3 Å². The van der Waals surface area contributed by atoms with E-state index in [0.717, 1.165) is 32.1 Å². The summed E-state index contributed by atoms with van der Waals surface area (Å²) < 4.78 is 27.5. The van der Waals surface area contributed by atoms with E-state index < -0.39 is 10.0 Å². The van der Waals surface area contributed by atoms with Gasteiger partial charge in [0, 0.05) is 32.2 Å². The zero-order chi connectivity index (χ0) is 19.4. The van der Waals surface area contributed by atoms with Crippen molar-refractivity contribution in [2.24, 2.45) is 0 Å². The van der Waals surface area contributed by atoms with Gasteiger partial charge in [-0.2, -0.15) is 4.31 Å². The Bertz CT molecular complexity index is 767. The van der Waals surface area contributed by atoms with Crippen molar-refractivity contribution in [2.45, 2.75) is 56.9 Å². The monoisotopic (exact) mass is 393 g/mol. The van der Waals surface area contributed by atoms with Crippen molar-refractivity contribution in [1.29, 1.82) is 0 Å². The predicted octanol–water partition coefficient (Wildman–Crippen LogP) is 1.79. The van der Waals surface area contributed by atoms with E-state index in [1.165, 1.54) is 11.1 Å². The molecule has 1 aliphatic carbocycles. The summed E-state index contributed by atoms with van der Waals surface area (Å²) in [7, 11) is -3.46. The summed E-state index contributed by atoms with van der Waals surface area (Å²) in [4.78, 5) is 14.6. The van der Waals surface area contributed by atoms with Crippen LogP contribution in [0.25, 0.3) is 0 Å². The number of nitrogens with zero attached hydrogens (tertiary/aromatic N) is 2. The number of hydrogen-bond donors (Lipinski definition) is 1. The molecule has 1 aromatic rings. The lowest BCUT2D eigenvalue weighted by molar-refractivity contribution is -0.123. The fourth-order valence-corrected chi connectivity index (χ4v) is 5.43. The lowest BCUT2D eigenvalue weighted by Crippen LogP contribution is -2.51. The Balaban J connectivity index is 1.56. The first-order valence-electron chi connectivity index (χ1n) is 10.1. The number of carbonyl (C=O) groups excluding carboxylic acids is 1. The number of carbonyl (C=O) groups is 1. The van der Waals surface area contributed by atoms with Crippen LogP contribution in [0.2, 0.25) is 0 Å². The number of piperazine rings is 1. The third kappa shape index (κ3) is 4.70. The topological polar surface area (TPSA) is 69.7 Å². The number of sulfonamides is 1. The van der Waals surface area contributed by atoms with Crippen molar-refractivity contribution in [3.05, 3.63) is 29.3 Å². The van der Waals surface area contributed by atoms with Crippen molar-refractivity contribution < 1.29 is 13.2 Å². The first-order chi connectivity index (χ1) is 12.9. The molecule has 2 aliphatic rings. The summed E-state index contributed by atoms with van der Waals surface area (Å²) in [6.07, 6.45) is 4.98. The van der Waals surface area contributed by atoms with Gasteiger partial charge >= 0.3 is 0 Å². The summed E-state index contributed by atoms with van der Waals surface area (Å²) in [6.45, 7) is 6.49. The standard InChI is InChI=1S/C20H31N3O3S/c1-3-18(4-2)21-20(24)15-22-10-12-23(13-11-22)27(25,26)19-9-8-16-6-5-7-17(16)14-19/h8-9,14,18H,3-7,10-13,15H2,1-2H3,(H,21,24). The van der Waals surface area contributed by atoms with Gasteiger partial charge in [-0.05, 0) is 55.4 Å². The molecule has 1 saturated heterocycles. The highest BCUT2D eigenvalue weighted by Gasteiger charge is 2.30. The first-order valence-corrected chi connectivity index (χ1v) is 11.5. The van der Waals surface area contributed by atoms with Crippen LogP contribution >= 0.6 is 0 Å². The molecule has 3 rings (SSSR count). The van der Waals surface area contributed by atoms with Gasteiger partial charge in [0.25, 0.3) is 0 Å². The van der Waals surface area contributed by atoms with E-state index in [9.17, 15) is 13.2 Å². The molecule has 1 aromatic carbocycles. The van der Waals surface area contributed by atoms with E-state index in [4.69, 9.17) is 0 Å². The maximum Gasteiger partial charge on any atom is 0.243 e. The Hall–Kier alpha value is -1.44. The fourth-order valence-electron chi connectivity index (χ4n) is 3.95. The molecule has 0 radical (unpaired) electrons. The molecule has 0 aromatic heterocycles. The SMILES string of the molecule is CCC(CC)NC(=O)CN1CCN(S(=O)(=O)c2ccc3c(c2)CCC3)CC1. The lowest BCUT2D eigenvalue weighted by atomic mass is 10.1. The zero-order valence-electron chi connectivity index (χ0n) is 16.4. The van der Waals surface area contributed by atoms with Gasteiger partial charge in [0.1, 0.15) is 0 Å². The third-order valence-corrected chi connectivity index (χ3v) is 7.65. The van der Waals surface area contributed by atoms with E-state index >= 15 is 0 Å². The predicted molar refractivity (Wildman–Crippen MR) is 106 cm³/mol. The summed E-state index contributed by atoms with van der Waals surface area (Å²) in [5, 5.41) is 3.04. The average Bonchev–Trinajstić information content (AvgIpc) is 3.14. The summed E-state index contributed by atoms with van der Waals surface area (Å²) in [6, 6.07) is 5.79. The van der Waals surface area contributed by atoms with Gasteiger partial charge in [-0.15, -0.1) is 0 Å². The number of benzene rings is 1. The molecule has 0 unspecified atom stereocenters. The molecule has 150 valence electrons. The van der Waals surface area contributed by atoms with Gasteiger partial charge in [-0.1, -0.05) is 19.9 Å². The van der Waals surface area contributed by atoms with E-state index in [1.807, 2.05) is 17.0 Å². The largest absolute Gasteiger partial charge is 0.352 e. The molecule has 7 heteroatoms. The Morgan fingerprint density at radius 2 is 1.74 bits per heavy atom. The highest BCUT2D eigenvalue weighted by molar-refractivity contribution is 7.89. The zero-order valence-corrected chi connectivity index (χ0v) is 17.2. The number of aryl methyl sites for hydroxylation is 2. The molecular formula is C20H31N3O3S. The second-order valence-electron chi connectivity index (χ2n) is 7.55. The second kappa shape index (κ2) is 8.71. The Labute approximate surface area is 163 Å². The van der Waals surface area contributed by atoms with Crippen LogP contribution in [0.1, 0.15) is 44.2 Å². The molecule has 27 heavy (non-hydrogen) atoms. The van der Waals surface area contributed by atoms with E-state index in [2.05, 4.69) is 19.2 Å². The maximum atomic E-state index is 13.0. The molecule has 0 spiro atoms. The molecule has 1 amide bonds. The van der Waals surface area contributed by atoms with Crippen LogP contribution in [0.4, 0.5) is 0 Å². The lowest BCUT2D eigenvalue weighted by Gasteiger charge is -2.33. The maximum absolute atomic E-state index is 13.0. The normalized spacial score (nSPS) is 18.6. The highest BCUT2D eigenvalue weighted by Crippen LogP contribution is 2.26. The minimum Gasteiger partial charge on any atom is -0.352 e. The van der Waals surface area contributed by atoms with Crippen molar-refractivity contribution >= 4 is 15.9 Å². The van der Waals surface area contributed by atoms with E-state index in [0.29, 0.717) is 37.6 Å². The van der Waals surface area contributed by atoms with Crippen LogP contribution in [0.3, 0.4) is 0 Å². The third-order valence-electron chi connectivity index (χ3n) is 5.76. The van der Waals surface area contributed by atoms with Crippen LogP contribution in [-0.2, 0) is 27.7 Å². The highest BCUT2D eigenvalue weighted by atomic mass is 32.2. The van der Waals surface area contributed by atoms with Gasteiger partial charge in [-0.3, -0.25) is 9.69 Å². The van der Waals surface area contributed by atoms with Gasteiger partial charge in [0.2, 0.25) is 15.9 Å². The molecule has 6 nitrogen and oxygen atoms in total. The van der Waals surface area contributed by atoms with Crippen molar-refractivity contribution in [2.75, 3.05) is 32.7 Å². The average molecular weight is 394 g/mol. The Morgan fingerprint density at radius 1 is 1.07 bits per heavy atom. The second-order valence-corrected chi connectivity index (χ2v) is 9.48. The van der Waals surface area contributed by atoms with Crippen molar-refractivity contribution in [3.63, 3.8) is 0 Å². The van der Waals surface area contributed by atoms with E-state index in [1.54, 1.807) is 10.4 Å². The van der Waals surface area contributed by atoms with Crippen LogP contribution in [0.5, 0.6) is 0 Å². The molecule has 0 atom stereocenters. The quantitative estimate of drug-likeness (QED) is 0.767. The minimum absolute atomic E-state index is 0.0265. The Morgan fingerprint density at radius 3 is 2.41 bits per heavy atom. The number of rotatable bonds is 7. The van der Waals surface area contributed by atoms with Crippen molar-refractivity contribution in [3.8, 4) is 0 Å². The molecule has 1 aliphatic heterocycles. The van der Waals surface area contributed by atoms with Gasteiger partial charge in [0.05, 0.1) is 11.4 Å². The molecule has 1 fully saturated rings. The molecule has 0 saturated carbocycles. The number of nitrogens with one attached hydrogen (secondary N) is 1. The van der Waals surface area contributed by atoms with E-state index in [-0.39, 0.29) is 11.9 Å². The molecule has 0 bridgehead atoms. The molecule has 1 N–H and O–H groups in total.